The molecule has 100 valence electrons. The molecule has 2 fully saturated rings. The molecule has 2 aliphatic rings. The van der Waals surface area contributed by atoms with E-state index >= 15 is 0 Å². The van der Waals surface area contributed by atoms with Gasteiger partial charge in [-0.1, -0.05) is 13.8 Å². The first-order valence-corrected chi connectivity index (χ1v) is 7.17. The maximum Gasteiger partial charge on any atom is 0.0630 e. The van der Waals surface area contributed by atoms with Crippen LogP contribution in [0.2, 0.25) is 0 Å². The molecule has 0 amide bonds. The summed E-state index contributed by atoms with van der Waals surface area (Å²) < 4.78 is 5.39. The number of methoxy groups -OCH3 is 1. The van der Waals surface area contributed by atoms with Gasteiger partial charge in [0, 0.05) is 32.3 Å². The molecule has 0 spiro atoms. The van der Waals surface area contributed by atoms with E-state index in [1.165, 1.54) is 32.4 Å². The topological polar surface area (TPSA) is 24.5 Å². The van der Waals surface area contributed by atoms with Gasteiger partial charge >= 0.3 is 0 Å². The van der Waals surface area contributed by atoms with Crippen molar-refractivity contribution in [2.75, 3.05) is 33.4 Å². The number of nitrogens with zero attached hydrogens (tertiary/aromatic N) is 1. The summed E-state index contributed by atoms with van der Waals surface area (Å²) in [4.78, 5) is 2.63. The van der Waals surface area contributed by atoms with E-state index in [4.69, 9.17) is 4.74 Å². The predicted octanol–water partition coefficient (Wildman–Crippen LogP) is 1.73. The van der Waals surface area contributed by atoms with Gasteiger partial charge in [0.25, 0.3) is 0 Å². The molecule has 1 aliphatic carbocycles. The standard InChI is InChI=1S/C14H28N2O/c1-11-6-7-16(9-12(11)2)14(10-17-3)8-15-13-4-5-13/h11-15H,4-10H2,1-3H3. The maximum absolute atomic E-state index is 5.39. The third kappa shape index (κ3) is 3.94. The molecule has 0 bridgehead atoms. The van der Waals surface area contributed by atoms with Crippen molar-refractivity contribution in [3.8, 4) is 0 Å². The van der Waals surface area contributed by atoms with Crippen LogP contribution in [0, 0.1) is 11.8 Å². The first-order valence-electron chi connectivity index (χ1n) is 7.17. The molecule has 1 aliphatic heterocycles. The molecule has 0 aromatic rings. The third-order valence-electron chi connectivity index (χ3n) is 4.46. The molecule has 1 N–H and O–H groups in total. The minimum atomic E-state index is 0.565. The molecule has 2 rings (SSSR count). The van der Waals surface area contributed by atoms with Crippen LogP contribution < -0.4 is 5.32 Å². The number of likely N-dealkylation sites (tertiary alicyclic amines) is 1. The van der Waals surface area contributed by atoms with Gasteiger partial charge < -0.3 is 10.1 Å². The smallest absolute Gasteiger partial charge is 0.0630 e. The van der Waals surface area contributed by atoms with Gasteiger partial charge in [-0.3, -0.25) is 4.90 Å². The van der Waals surface area contributed by atoms with Crippen LogP contribution in [-0.2, 0) is 4.74 Å². The summed E-state index contributed by atoms with van der Waals surface area (Å²) in [5.41, 5.74) is 0. The number of hydrogen-bond acceptors (Lipinski definition) is 3. The fourth-order valence-corrected chi connectivity index (χ4v) is 2.70. The van der Waals surface area contributed by atoms with Crippen molar-refractivity contribution in [1.29, 1.82) is 0 Å². The summed E-state index contributed by atoms with van der Waals surface area (Å²) in [5.74, 6) is 1.70. The summed E-state index contributed by atoms with van der Waals surface area (Å²) in [7, 11) is 1.82. The SMILES string of the molecule is COCC(CNC1CC1)N1CCC(C)C(C)C1. The number of rotatable bonds is 6. The Bertz CT molecular complexity index is 230. The second kappa shape index (κ2) is 6.17. The van der Waals surface area contributed by atoms with Crippen LogP contribution in [-0.4, -0.2) is 50.3 Å². The second-order valence-electron chi connectivity index (χ2n) is 6.03. The lowest BCUT2D eigenvalue weighted by molar-refractivity contribution is 0.0458. The quantitative estimate of drug-likeness (QED) is 0.765. The fourth-order valence-electron chi connectivity index (χ4n) is 2.70. The summed E-state index contributed by atoms with van der Waals surface area (Å²) in [6.45, 7) is 9.21. The van der Waals surface area contributed by atoms with E-state index in [2.05, 4.69) is 24.1 Å². The van der Waals surface area contributed by atoms with Crippen LogP contribution in [0.25, 0.3) is 0 Å². The van der Waals surface area contributed by atoms with Gasteiger partial charge in [0.1, 0.15) is 0 Å². The van der Waals surface area contributed by atoms with Crippen LogP contribution in [0.5, 0.6) is 0 Å². The normalized spacial score (nSPS) is 32.6. The minimum Gasteiger partial charge on any atom is -0.383 e. The molecular formula is C14H28N2O. The van der Waals surface area contributed by atoms with E-state index in [1.54, 1.807) is 0 Å². The van der Waals surface area contributed by atoms with Crippen molar-refractivity contribution >= 4 is 0 Å². The number of hydrogen-bond donors (Lipinski definition) is 1. The first kappa shape index (κ1) is 13.3. The Morgan fingerprint density at radius 3 is 2.59 bits per heavy atom. The van der Waals surface area contributed by atoms with Gasteiger partial charge in [-0.25, -0.2) is 0 Å². The van der Waals surface area contributed by atoms with Gasteiger partial charge in [0.2, 0.25) is 0 Å². The Hall–Kier alpha value is -0.120. The number of piperidine rings is 1. The van der Waals surface area contributed by atoms with Crippen molar-refractivity contribution in [1.82, 2.24) is 10.2 Å². The molecule has 1 saturated heterocycles. The zero-order valence-electron chi connectivity index (χ0n) is 11.6. The second-order valence-corrected chi connectivity index (χ2v) is 6.03. The molecule has 17 heavy (non-hydrogen) atoms. The lowest BCUT2D eigenvalue weighted by atomic mass is 9.88. The number of nitrogens with one attached hydrogen (secondary N) is 1. The van der Waals surface area contributed by atoms with Crippen LogP contribution in [0.1, 0.15) is 33.1 Å². The Morgan fingerprint density at radius 1 is 1.24 bits per heavy atom. The third-order valence-corrected chi connectivity index (χ3v) is 4.46. The summed E-state index contributed by atoms with van der Waals surface area (Å²) in [6.07, 6.45) is 4.07. The van der Waals surface area contributed by atoms with E-state index in [9.17, 15) is 0 Å². The van der Waals surface area contributed by atoms with E-state index in [0.717, 1.165) is 31.0 Å². The largest absolute Gasteiger partial charge is 0.383 e. The van der Waals surface area contributed by atoms with Crippen LogP contribution >= 0.6 is 0 Å². The lowest BCUT2D eigenvalue weighted by Gasteiger charge is -2.40. The minimum absolute atomic E-state index is 0.565. The molecule has 3 heteroatoms. The van der Waals surface area contributed by atoms with E-state index < -0.39 is 0 Å². The average molecular weight is 240 g/mol. The van der Waals surface area contributed by atoms with Crippen LogP contribution in [0.15, 0.2) is 0 Å². The Morgan fingerprint density at radius 2 is 2.00 bits per heavy atom. The van der Waals surface area contributed by atoms with Gasteiger partial charge in [-0.15, -0.1) is 0 Å². The Labute approximate surface area is 106 Å². The zero-order chi connectivity index (χ0) is 12.3. The van der Waals surface area contributed by atoms with Gasteiger partial charge in [0.05, 0.1) is 6.61 Å². The molecule has 0 radical (unpaired) electrons. The summed E-state index contributed by atoms with van der Waals surface area (Å²) >= 11 is 0. The fraction of sp³-hybridized carbons (Fsp3) is 1.00. The predicted molar refractivity (Wildman–Crippen MR) is 71.2 cm³/mol. The molecule has 3 nitrogen and oxygen atoms in total. The van der Waals surface area contributed by atoms with E-state index in [0.29, 0.717) is 6.04 Å². The first-order chi connectivity index (χ1) is 8.20. The highest BCUT2D eigenvalue weighted by Crippen LogP contribution is 2.24. The molecule has 1 heterocycles. The highest BCUT2D eigenvalue weighted by Gasteiger charge is 2.29. The molecule has 1 saturated carbocycles. The monoisotopic (exact) mass is 240 g/mol. The Kier molecular flexibility index (Phi) is 4.83. The summed E-state index contributed by atoms with van der Waals surface area (Å²) in [6, 6.07) is 1.37. The van der Waals surface area contributed by atoms with Crippen LogP contribution in [0.4, 0.5) is 0 Å². The van der Waals surface area contributed by atoms with Crippen molar-refractivity contribution in [3.63, 3.8) is 0 Å². The highest BCUT2D eigenvalue weighted by molar-refractivity contribution is 4.86. The highest BCUT2D eigenvalue weighted by atomic mass is 16.5. The van der Waals surface area contributed by atoms with Crippen molar-refractivity contribution < 1.29 is 4.74 Å². The lowest BCUT2D eigenvalue weighted by Crippen LogP contribution is -2.50. The summed E-state index contributed by atoms with van der Waals surface area (Å²) in [5, 5.41) is 3.64. The molecule has 0 aromatic carbocycles. The zero-order valence-corrected chi connectivity index (χ0v) is 11.6. The van der Waals surface area contributed by atoms with E-state index in [-0.39, 0.29) is 0 Å². The molecule has 3 unspecified atom stereocenters. The number of ether oxygens (including phenoxy) is 1. The average Bonchev–Trinajstić information content (AvgIpc) is 3.12. The van der Waals surface area contributed by atoms with Crippen molar-refractivity contribution in [3.05, 3.63) is 0 Å². The van der Waals surface area contributed by atoms with Crippen molar-refractivity contribution in [2.24, 2.45) is 11.8 Å². The van der Waals surface area contributed by atoms with E-state index in [1.807, 2.05) is 7.11 Å². The van der Waals surface area contributed by atoms with Gasteiger partial charge in [0.15, 0.2) is 0 Å². The van der Waals surface area contributed by atoms with Crippen LogP contribution in [0.3, 0.4) is 0 Å². The molecule has 0 aromatic heterocycles. The van der Waals surface area contributed by atoms with Crippen molar-refractivity contribution in [2.45, 2.75) is 45.2 Å². The maximum atomic E-state index is 5.39. The van der Waals surface area contributed by atoms with Gasteiger partial charge in [-0.05, 0) is 37.6 Å². The molecule has 3 atom stereocenters. The Balaban J connectivity index is 1.80. The van der Waals surface area contributed by atoms with Gasteiger partial charge in [-0.2, -0.15) is 0 Å². The molecular weight excluding hydrogens is 212 g/mol.